The quantitative estimate of drug-likeness (QED) is 0.734. The SMILES string of the molecule is CC[C@@H]1[C@H]2Cc3ccccc3[C@]1(CC)CCN2Cc1ccccc1.O=C(O)C(=O)O. The maximum atomic E-state index is 9.10. The lowest BCUT2D eigenvalue weighted by Crippen LogP contribution is -2.59. The van der Waals surface area contributed by atoms with Crippen LogP contribution in [0.15, 0.2) is 54.6 Å². The van der Waals surface area contributed by atoms with Crippen molar-refractivity contribution in [2.45, 2.75) is 57.5 Å². The van der Waals surface area contributed by atoms with E-state index in [0.29, 0.717) is 11.5 Å². The minimum atomic E-state index is -1.82. The number of carboxylic acid groups (broad SMARTS) is 2. The summed E-state index contributed by atoms with van der Waals surface area (Å²) in [6.45, 7) is 7.15. The van der Waals surface area contributed by atoms with Crippen molar-refractivity contribution in [3.63, 3.8) is 0 Å². The maximum Gasteiger partial charge on any atom is 0.414 e. The second-order valence-electron chi connectivity index (χ2n) is 8.27. The Bertz CT molecular complexity index is 870. The highest BCUT2D eigenvalue weighted by Crippen LogP contribution is 2.52. The zero-order chi connectivity index (χ0) is 21.7. The molecule has 0 spiro atoms. The van der Waals surface area contributed by atoms with Crippen molar-refractivity contribution >= 4 is 11.9 Å². The van der Waals surface area contributed by atoms with Crippen LogP contribution < -0.4 is 0 Å². The van der Waals surface area contributed by atoms with Crippen LogP contribution in [0, 0.1) is 5.92 Å². The third kappa shape index (κ3) is 4.26. The number of hydrogen-bond donors (Lipinski definition) is 2. The minimum absolute atomic E-state index is 0.404. The van der Waals surface area contributed by atoms with Gasteiger partial charge in [-0.1, -0.05) is 74.9 Å². The summed E-state index contributed by atoms with van der Waals surface area (Å²) in [5, 5.41) is 14.8. The van der Waals surface area contributed by atoms with Crippen LogP contribution in [0.5, 0.6) is 0 Å². The highest BCUT2D eigenvalue weighted by Gasteiger charge is 2.51. The van der Waals surface area contributed by atoms with Crippen molar-refractivity contribution in [2.24, 2.45) is 5.92 Å². The summed E-state index contributed by atoms with van der Waals surface area (Å²) < 4.78 is 0. The fourth-order valence-electron chi connectivity index (χ4n) is 5.64. The summed E-state index contributed by atoms with van der Waals surface area (Å²) in [6, 6.07) is 21.0. The van der Waals surface area contributed by atoms with Crippen LogP contribution in [0.2, 0.25) is 0 Å². The Kier molecular flexibility index (Phi) is 6.93. The van der Waals surface area contributed by atoms with Gasteiger partial charge in [0.25, 0.3) is 0 Å². The summed E-state index contributed by atoms with van der Waals surface area (Å²) >= 11 is 0. The molecule has 1 aliphatic carbocycles. The first-order valence-electron chi connectivity index (χ1n) is 10.8. The lowest BCUT2D eigenvalue weighted by atomic mass is 9.55. The van der Waals surface area contributed by atoms with Gasteiger partial charge in [-0.3, -0.25) is 4.90 Å². The molecule has 30 heavy (non-hydrogen) atoms. The molecular weight excluding hydrogens is 378 g/mol. The maximum absolute atomic E-state index is 9.10. The Morgan fingerprint density at radius 3 is 2.23 bits per heavy atom. The number of hydrogen-bond acceptors (Lipinski definition) is 3. The molecular formula is C25H31NO4. The van der Waals surface area contributed by atoms with Gasteiger partial charge < -0.3 is 10.2 Å². The van der Waals surface area contributed by atoms with Gasteiger partial charge in [-0.15, -0.1) is 0 Å². The van der Waals surface area contributed by atoms with Crippen LogP contribution in [0.25, 0.3) is 0 Å². The average molecular weight is 410 g/mol. The second-order valence-corrected chi connectivity index (χ2v) is 8.27. The van der Waals surface area contributed by atoms with Crippen molar-refractivity contribution < 1.29 is 19.8 Å². The number of benzene rings is 2. The van der Waals surface area contributed by atoms with Gasteiger partial charge in [0.15, 0.2) is 0 Å². The Morgan fingerprint density at radius 1 is 1.00 bits per heavy atom. The topological polar surface area (TPSA) is 77.8 Å². The van der Waals surface area contributed by atoms with Crippen LogP contribution >= 0.6 is 0 Å². The van der Waals surface area contributed by atoms with Crippen LogP contribution in [0.1, 0.15) is 49.8 Å². The van der Waals surface area contributed by atoms with Gasteiger partial charge in [0.2, 0.25) is 0 Å². The molecule has 2 bridgehead atoms. The lowest BCUT2D eigenvalue weighted by molar-refractivity contribution is -0.159. The van der Waals surface area contributed by atoms with Crippen molar-refractivity contribution in [1.82, 2.24) is 4.90 Å². The molecule has 160 valence electrons. The van der Waals surface area contributed by atoms with E-state index in [-0.39, 0.29) is 0 Å². The third-order valence-electron chi connectivity index (χ3n) is 6.95. The molecule has 2 N–H and O–H groups in total. The molecule has 0 radical (unpaired) electrons. The van der Waals surface area contributed by atoms with Crippen molar-refractivity contribution in [1.29, 1.82) is 0 Å². The van der Waals surface area contributed by atoms with Crippen LogP contribution in [-0.4, -0.2) is 39.6 Å². The van der Waals surface area contributed by atoms with Gasteiger partial charge in [0.05, 0.1) is 0 Å². The van der Waals surface area contributed by atoms with E-state index in [2.05, 4.69) is 73.3 Å². The molecule has 5 heteroatoms. The Hall–Kier alpha value is -2.66. The first kappa shape index (κ1) is 22.0. The molecule has 3 atom stereocenters. The molecule has 5 nitrogen and oxygen atoms in total. The van der Waals surface area contributed by atoms with E-state index in [1.165, 1.54) is 37.8 Å². The third-order valence-corrected chi connectivity index (χ3v) is 6.95. The molecule has 4 rings (SSSR count). The van der Waals surface area contributed by atoms with Crippen molar-refractivity contribution in [2.75, 3.05) is 6.54 Å². The van der Waals surface area contributed by atoms with Gasteiger partial charge >= 0.3 is 11.9 Å². The summed E-state index contributed by atoms with van der Waals surface area (Å²) in [7, 11) is 0. The van der Waals surface area contributed by atoms with E-state index in [1.807, 2.05) is 0 Å². The molecule has 1 heterocycles. The molecule has 2 aliphatic rings. The van der Waals surface area contributed by atoms with Gasteiger partial charge in [0, 0.05) is 18.0 Å². The van der Waals surface area contributed by atoms with Crippen LogP contribution in [-0.2, 0) is 28.0 Å². The van der Waals surface area contributed by atoms with E-state index in [1.54, 1.807) is 11.1 Å². The molecule has 2 aromatic carbocycles. The first-order chi connectivity index (χ1) is 14.4. The monoisotopic (exact) mass is 409 g/mol. The molecule has 0 unspecified atom stereocenters. The molecule has 1 aliphatic heterocycles. The smallest absolute Gasteiger partial charge is 0.414 e. The van der Waals surface area contributed by atoms with Crippen molar-refractivity contribution in [3.05, 3.63) is 71.3 Å². The Morgan fingerprint density at radius 2 is 1.63 bits per heavy atom. The number of rotatable bonds is 4. The molecule has 2 aromatic rings. The highest BCUT2D eigenvalue weighted by atomic mass is 16.4. The Balaban J connectivity index is 0.000000377. The predicted octanol–water partition coefficient (Wildman–Crippen LogP) is 4.35. The fraction of sp³-hybridized carbons (Fsp3) is 0.440. The van der Waals surface area contributed by atoms with Gasteiger partial charge in [-0.05, 0) is 48.4 Å². The summed E-state index contributed by atoms with van der Waals surface area (Å²) in [4.78, 5) is 21.0. The van der Waals surface area contributed by atoms with Gasteiger partial charge in [-0.25, -0.2) is 9.59 Å². The fourth-order valence-corrected chi connectivity index (χ4v) is 5.64. The number of carbonyl (C=O) groups is 2. The number of aliphatic carboxylic acids is 2. The number of fused-ring (bicyclic) bond motifs is 4. The van der Waals surface area contributed by atoms with E-state index >= 15 is 0 Å². The number of nitrogens with zero attached hydrogens (tertiary/aromatic N) is 1. The molecule has 0 saturated carbocycles. The van der Waals surface area contributed by atoms with Gasteiger partial charge in [-0.2, -0.15) is 0 Å². The summed E-state index contributed by atoms with van der Waals surface area (Å²) in [5.74, 6) is -2.86. The number of carboxylic acids is 2. The average Bonchev–Trinajstić information content (AvgIpc) is 2.76. The number of piperidine rings is 1. The van der Waals surface area contributed by atoms with Crippen LogP contribution in [0.3, 0.4) is 0 Å². The Labute approximate surface area is 178 Å². The zero-order valence-electron chi connectivity index (χ0n) is 17.8. The van der Waals surface area contributed by atoms with Crippen LogP contribution in [0.4, 0.5) is 0 Å². The zero-order valence-corrected chi connectivity index (χ0v) is 17.8. The largest absolute Gasteiger partial charge is 0.473 e. The van der Waals surface area contributed by atoms with Gasteiger partial charge in [0.1, 0.15) is 0 Å². The summed E-state index contributed by atoms with van der Waals surface area (Å²) in [5.41, 5.74) is 5.12. The normalized spacial score (nSPS) is 24.9. The summed E-state index contributed by atoms with van der Waals surface area (Å²) in [6.07, 6.45) is 5.10. The second kappa shape index (κ2) is 9.43. The predicted molar refractivity (Wildman–Crippen MR) is 116 cm³/mol. The first-order valence-corrected chi connectivity index (χ1v) is 10.8. The number of likely N-dealkylation sites (tertiary alicyclic amines) is 1. The molecule has 0 aromatic heterocycles. The molecule has 0 amide bonds. The molecule has 1 saturated heterocycles. The molecule has 1 fully saturated rings. The van der Waals surface area contributed by atoms with E-state index < -0.39 is 11.9 Å². The minimum Gasteiger partial charge on any atom is -0.473 e. The van der Waals surface area contributed by atoms with E-state index in [0.717, 1.165) is 12.5 Å². The van der Waals surface area contributed by atoms with Crippen molar-refractivity contribution in [3.8, 4) is 0 Å². The van der Waals surface area contributed by atoms with E-state index in [9.17, 15) is 0 Å². The standard InChI is InChI=1S/C23H29N.C2H2O4/c1-3-20-22-16-19-12-8-9-13-21(19)23(20,4-2)14-15-24(22)17-18-10-6-5-7-11-18;3-1(4)2(5)6/h5-13,20,22H,3-4,14-17H2,1-2H3;(H,3,4)(H,5,6)/t20-,22-,23-;/m1./s1. The highest BCUT2D eigenvalue weighted by molar-refractivity contribution is 6.27. The van der Waals surface area contributed by atoms with E-state index in [4.69, 9.17) is 19.8 Å². The lowest BCUT2D eigenvalue weighted by Gasteiger charge is -2.57.